The molecule has 0 spiro atoms. The molecule has 1 saturated heterocycles. The normalized spacial score (nSPS) is 20.7. The van der Waals surface area contributed by atoms with Crippen LogP contribution in [0.15, 0.2) is 84.9 Å². The van der Waals surface area contributed by atoms with Crippen molar-refractivity contribution in [2.45, 2.75) is 11.7 Å². The molecule has 0 bridgehead atoms. The van der Waals surface area contributed by atoms with E-state index in [1.807, 2.05) is 48.5 Å². The molecule has 2 atom stereocenters. The highest BCUT2D eigenvalue weighted by Crippen LogP contribution is 2.51. The molecule has 126 valence electrons. The maximum Gasteiger partial charge on any atom is 0.223 e. The minimum atomic E-state index is -1.21. The zero-order valence-corrected chi connectivity index (χ0v) is 13.9. The number of Topliss-reactive ketones (excluding diaryl/α,β-unsaturated/α-hetero) is 1. The van der Waals surface area contributed by atoms with E-state index in [1.165, 1.54) is 12.1 Å². The minimum Gasteiger partial charge on any atom is -0.339 e. The van der Waals surface area contributed by atoms with Gasteiger partial charge in [0.15, 0.2) is 0 Å². The first-order chi connectivity index (χ1) is 12.7. The first-order valence-electron chi connectivity index (χ1n) is 8.30. The average molecular weight is 342 g/mol. The Morgan fingerprint density at radius 3 is 2.15 bits per heavy atom. The lowest BCUT2D eigenvalue weighted by molar-refractivity contribution is 0.0916. The lowest BCUT2D eigenvalue weighted by Gasteiger charge is -2.05. The number of rotatable bonds is 3. The molecule has 26 heavy (non-hydrogen) atoms. The zero-order valence-electron chi connectivity index (χ0n) is 13.9. The Kier molecular flexibility index (Phi) is 4.12. The van der Waals surface area contributed by atoms with Crippen LogP contribution in [0.25, 0.3) is 0 Å². The van der Waals surface area contributed by atoms with Gasteiger partial charge >= 0.3 is 0 Å². The number of carbonyl (C=O) groups is 1. The van der Waals surface area contributed by atoms with Crippen molar-refractivity contribution in [3.63, 3.8) is 0 Å². The Morgan fingerprint density at radius 2 is 1.50 bits per heavy atom. The fourth-order valence-electron chi connectivity index (χ4n) is 2.91. The van der Waals surface area contributed by atoms with E-state index in [4.69, 9.17) is 4.74 Å². The van der Waals surface area contributed by atoms with Gasteiger partial charge in [0, 0.05) is 11.1 Å². The fourth-order valence-corrected chi connectivity index (χ4v) is 2.91. The number of ketones is 1. The van der Waals surface area contributed by atoms with Crippen LogP contribution in [0.3, 0.4) is 0 Å². The van der Waals surface area contributed by atoms with Crippen LogP contribution < -0.4 is 0 Å². The smallest absolute Gasteiger partial charge is 0.223 e. The minimum absolute atomic E-state index is 0.165. The molecule has 3 aromatic rings. The van der Waals surface area contributed by atoms with E-state index in [0.29, 0.717) is 11.1 Å². The summed E-state index contributed by atoms with van der Waals surface area (Å²) in [7, 11) is 0. The van der Waals surface area contributed by atoms with Gasteiger partial charge in [-0.1, -0.05) is 72.5 Å². The van der Waals surface area contributed by atoms with Crippen molar-refractivity contribution in [2.75, 3.05) is 0 Å². The van der Waals surface area contributed by atoms with E-state index in [2.05, 4.69) is 11.8 Å². The van der Waals surface area contributed by atoms with Crippen molar-refractivity contribution < 1.29 is 13.9 Å². The van der Waals surface area contributed by atoms with Crippen LogP contribution in [0.4, 0.5) is 4.39 Å². The van der Waals surface area contributed by atoms with Crippen LogP contribution in [0.2, 0.25) is 0 Å². The van der Waals surface area contributed by atoms with Crippen molar-refractivity contribution in [3.05, 3.63) is 107 Å². The largest absolute Gasteiger partial charge is 0.339 e. The Morgan fingerprint density at radius 1 is 0.885 bits per heavy atom. The highest BCUT2D eigenvalue weighted by Gasteiger charge is 2.62. The summed E-state index contributed by atoms with van der Waals surface area (Å²) >= 11 is 0. The van der Waals surface area contributed by atoms with Crippen molar-refractivity contribution in [1.29, 1.82) is 0 Å². The number of halogens is 1. The van der Waals surface area contributed by atoms with E-state index in [-0.39, 0.29) is 11.6 Å². The summed E-state index contributed by atoms with van der Waals surface area (Å²) in [6.45, 7) is 0. The van der Waals surface area contributed by atoms with Crippen molar-refractivity contribution in [2.24, 2.45) is 0 Å². The molecule has 0 aliphatic carbocycles. The molecule has 1 fully saturated rings. The second kappa shape index (κ2) is 6.59. The third-order valence-electron chi connectivity index (χ3n) is 4.33. The number of benzene rings is 3. The molecular weight excluding hydrogens is 327 g/mol. The molecule has 2 unspecified atom stereocenters. The third kappa shape index (κ3) is 3.03. The van der Waals surface area contributed by atoms with Crippen LogP contribution in [0.1, 0.15) is 27.6 Å². The van der Waals surface area contributed by atoms with E-state index >= 15 is 0 Å². The monoisotopic (exact) mass is 342 g/mol. The predicted molar refractivity (Wildman–Crippen MR) is 97.0 cm³/mol. The molecule has 2 nitrogen and oxygen atoms in total. The van der Waals surface area contributed by atoms with Gasteiger partial charge in [-0.15, -0.1) is 0 Å². The quantitative estimate of drug-likeness (QED) is 0.396. The summed E-state index contributed by atoms with van der Waals surface area (Å²) in [5, 5.41) is 0. The van der Waals surface area contributed by atoms with Gasteiger partial charge in [-0.25, -0.2) is 4.39 Å². The summed E-state index contributed by atoms with van der Waals surface area (Å²) in [6, 6.07) is 24.4. The first-order valence-corrected chi connectivity index (χ1v) is 8.30. The standard InChI is InChI=1S/C23H15FO2/c24-20-13-11-17(12-14-20)15-16-23(21(25)18-7-3-1-4-8-18)22(26-23)19-9-5-2-6-10-19/h1-14,22H. The summed E-state index contributed by atoms with van der Waals surface area (Å²) in [5.41, 5.74) is 0.885. The highest BCUT2D eigenvalue weighted by molar-refractivity contribution is 6.07. The van der Waals surface area contributed by atoms with Crippen LogP contribution >= 0.6 is 0 Å². The molecule has 4 rings (SSSR count). The van der Waals surface area contributed by atoms with E-state index in [9.17, 15) is 9.18 Å². The van der Waals surface area contributed by atoms with Crippen molar-refractivity contribution in [3.8, 4) is 11.8 Å². The van der Waals surface area contributed by atoms with Gasteiger partial charge in [-0.2, -0.15) is 0 Å². The number of ether oxygens (including phenoxy) is 1. The number of hydrogen-bond acceptors (Lipinski definition) is 2. The Bertz CT molecular complexity index is 985. The van der Waals surface area contributed by atoms with E-state index < -0.39 is 11.7 Å². The molecule has 3 heteroatoms. The molecule has 3 aromatic carbocycles. The van der Waals surface area contributed by atoms with Gasteiger partial charge in [0.2, 0.25) is 11.4 Å². The number of epoxide rings is 1. The maximum absolute atomic E-state index is 13.1. The van der Waals surface area contributed by atoms with Crippen LogP contribution in [0.5, 0.6) is 0 Å². The summed E-state index contributed by atoms with van der Waals surface area (Å²) in [5.74, 6) is 5.48. The molecular formula is C23H15FO2. The Hall–Kier alpha value is -3.22. The van der Waals surface area contributed by atoms with Gasteiger partial charge in [-0.3, -0.25) is 4.79 Å². The van der Waals surface area contributed by atoms with E-state index in [0.717, 1.165) is 5.56 Å². The molecule has 0 aromatic heterocycles. The van der Waals surface area contributed by atoms with Crippen molar-refractivity contribution >= 4 is 5.78 Å². The molecule has 1 aliphatic rings. The Labute approximate surface area is 151 Å². The van der Waals surface area contributed by atoms with Gasteiger partial charge in [0.1, 0.15) is 11.9 Å². The van der Waals surface area contributed by atoms with Crippen molar-refractivity contribution in [1.82, 2.24) is 0 Å². The zero-order chi connectivity index (χ0) is 18.0. The lowest BCUT2D eigenvalue weighted by atomic mass is 9.91. The maximum atomic E-state index is 13.1. The van der Waals surface area contributed by atoms with Crippen LogP contribution in [0, 0.1) is 17.7 Å². The SMILES string of the molecule is O=C(c1ccccc1)C1(C#Cc2ccc(F)cc2)OC1c1ccccc1. The molecule has 0 saturated carbocycles. The van der Waals surface area contributed by atoms with Crippen LogP contribution in [-0.2, 0) is 4.74 Å². The molecule has 1 aliphatic heterocycles. The van der Waals surface area contributed by atoms with Gasteiger partial charge in [0.05, 0.1) is 0 Å². The number of hydrogen-bond donors (Lipinski definition) is 0. The molecule has 0 N–H and O–H groups in total. The second-order valence-electron chi connectivity index (χ2n) is 6.10. The van der Waals surface area contributed by atoms with Gasteiger partial charge in [0.25, 0.3) is 0 Å². The molecule has 0 radical (unpaired) electrons. The van der Waals surface area contributed by atoms with Gasteiger partial charge < -0.3 is 4.74 Å². The predicted octanol–water partition coefficient (Wildman–Crippen LogP) is 4.57. The molecule has 0 amide bonds. The second-order valence-corrected chi connectivity index (χ2v) is 6.10. The number of carbonyl (C=O) groups excluding carboxylic acids is 1. The lowest BCUT2D eigenvalue weighted by Crippen LogP contribution is -2.24. The van der Waals surface area contributed by atoms with E-state index in [1.54, 1.807) is 24.3 Å². The molecule has 1 heterocycles. The summed E-state index contributed by atoms with van der Waals surface area (Å²) in [6.07, 6.45) is -0.413. The fraction of sp³-hybridized carbons (Fsp3) is 0.0870. The Balaban J connectivity index is 1.72. The first kappa shape index (κ1) is 16.3. The third-order valence-corrected chi connectivity index (χ3v) is 4.33. The summed E-state index contributed by atoms with van der Waals surface area (Å²) < 4.78 is 18.9. The van der Waals surface area contributed by atoms with Crippen LogP contribution in [-0.4, -0.2) is 11.4 Å². The highest BCUT2D eigenvalue weighted by atomic mass is 19.1. The topological polar surface area (TPSA) is 29.6 Å². The van der Waals surface area contributed by atoms with Gasteiger partial charge in [-0.05, 0) is 29.8 Å². The average Bonchev–Trinajstić information content (AvgIpc) is 3.44. The summed E-state index contributed by atoms with van der Waals surface area (Å²) in [4.78, 5) is 13.1.